The highest BCUT2D eigenvalue weighted by Crippen LogP contribution is 2.60. The van der Waals surface area contributed by atoms with E-state index < -0.39 is 32.3 Å². The van der Waals surface area contributed by atoms with Crippen LogP contribution in [0, 0.1) is 17.2 Å². The Morgan fingerprint density at radius 2 is 2.23 bits per heavy atom. The van der Waals surface area contributed by atoms with Crippen molar-refractivity contribution in [2.24, 2.45) is 11.3 Å². The number of rotatable bonds is 4. The summed E-state index contributed by atoms with van der Waals surface area (Å²) < 4.78 is 40.5. The van der Waals surface area contributed by atoms with Gasteiger partial charge in [0.25, 0.3) is 0 Å². The van der Waals surface area contributed by atoms with Gasteiger partial charge in [-0.3, -0.25) is 0 Å². The lowest BCUT2D eigenvalue weighted by Crippen LogP contribution is -2.32. The quantitative estimate of drug-likeness (QED) is 0.908. The van der Waals surface area contributed by atoms with Gasteiger partial charge in [0.1, 0.15) is 10.7 Å². The Bertz CT molecular complexity index is 762. The molecule has 1 saturated heterocycles. The van der Waals surface area contributed by atoms with Crippen molar-refractivity contribution in [2.45, 2.75) is 24.7 Å². The lowest BCUT2D eigenvalue weighted by molar-refractivity contribution is 0.0696. The summed E-state index contributed by atoms with van der Waals surface area (Å²) in [6.07, 6.45) is 1.88. The minimum absolute atomic E-state index is 0.0194. The highest BCUT2D eigenvalue weighted by molar-refractivity contribution is 7.89. The van der Waals surface area contributed by atoms with Crippen LogP contribution in [0.5, 0.6) is 0 Å². The van der Waals surface area contributed by atoms with Gasteiger partial charge in [0, 0.05) is 13.1 Å². The van der Waals surface area contributed by atoms with Crippen molar-refractivity contribution in [1.82, 2.24) is 4.31 Å². The number of aromatic carboxylic acids is 1. The van der Waals surface area contributed by atoms with E-state index in [0.29, 0.717) is 19.0 Å². The van der Waals surface area contributed by atoms with Crippen LogP contribution in [0.3, 0.4) is 0 Å². The van der Waals surface area contributed by atoms with Crippen LogP contribution in [0.25, 0.3) is 0 Å². The Hall–Kier alpha value is -1.18. The van der Waals surface area contributed by atoms with Crippen LogP contribution in [0.1, 0.15) is 30.1 Å². The SMILES string of the molecule is CCC12CC1CN(S(=O)(=O)c1cc(C(=O)O)c(Cl)cc1F)C2. The van der Waals surface area contributed by atoms with E-state index in [-0.39, 0.29) is 10.4 Å². The Morgan fingerprint density at radius 3 is 2.77 bits per heavy atom. The molecule has 0 bridgehead atoms. The molecule has 1 aromatic rings. The molecule has 2 atom stereocenters. The number of halogens is 2. The average molecular weight is 348 g/mol. The largest absolute Gasteiger partial charge is 0.478 e. The third-order valence-electron chi connectivity index (χ3n) is 4.85. The molecule has 5 nitrogen and oxygen atoms in total. The van der Waals surface area contributed by atoms with Crippen molar-refractivity contribution in [3.8, 4) is 0 Å². The average Bonchev–Trinajstić information content (AvgIpc) is 2.99. The van der Waals surface area contributed by atoms with Crippen LogP contribution in [0.4, 0.5) is 4.39 Å². The Balaban J connectivity index is 2.00. The molecule has 8 heteroatoms. The van der Waals surface area contributed by atoms with Gasteiger partial charge in [0.15, 0.2) is 0 Å². The second-order valence-corrected chi connectivity index (χ2v) is 8.30. The summed E-state index contributed by atoms with van der Waals surface area (Å²) in [7, 11) is -4.06. The normalized spacial score (nSPS) is 27.7. The first-order chi connectivity index (χ1) is 10.2. The summed E-state index contributed by atoms with van der Waals surface area (Å²) in [5, 5.41) is 8.70. The molecule has 22 heavy (non-hydrogen) atoms. The Kier molecular flexibility index (Phi) is 3.50. The number of hydrogen-bond donors (Lipinski definition) is 1. The second-order valence-electron chi connectivity index (χ2n) is 5.98. The van der Waals surface area contributed by atoms with E-state index >= 15 is 0 Å². The fourth-order valence-electron chi connectivity index (χ4n) is 3.30. The predicted molar refractivity (Wildman–Crippen MR) is 78.0 cm³/mol. The smallest absolute Gasteiger partial charge is 0.337 e. The number of nitrogens with zero attached hydrogens (tertiary/aromatic N) is 1. The van der Waals surface area contributed by atoms with Crippen LogP contribution in [0.15, 0.2) is 17.0 Å². The minimum Gasteiger partial charge on any atom is -0.478 e. The fourth-order valence-corrected chi connectivity index (χ4v) is 5.19. The number of hydrogen-bond acceptors (Lipinski definition) is 3. The molecule has 2 fully saturated rings. The summed E-state index contributed by atoms with van der Waals surface area (Å²) in [6.45, 7) is 2.74. The first kappa shape index (κ1) is 15.7. The van der Waals surface area contributed by atoms with Crippen molar-refractivity contribution in [3.05, 3.63) is 28.5 Å². The van der Waals surface area contributed by atoms with Crippen LogP contribution in [-0.2, 0) is 10.0 Å². The molecule has 1 N–H and O–H groups in total. The molecule has 120 valence electrons. The molecule has 1 aliphatic carbocycles. The van der Waals surface area contributed by atoms with Gasteiger partial charge >= 0.3 is 5.97 Å². The predicted octanol–water partition coefficient (Wildman–Crippen LogP) is 2.60. The molecular formula is C14H15ClFNO4S. The third kappa shape index (κ3) is 2.23. The number of benzene rings is 1. The third-order valence-corrected chi connectivity index (χ3v) is 6.99. The summed E-state index contributed by atoms with van der Waals surface area (Å²) in [6, 6.07) is 1.54. The zero-order valence-electron chi connectivity index (χ0n) is 11.8. The lowest BCUT2D eigenvalue weighted by Gasteiger charge is -2.21. The standard InChI is InChI=1S/C14H15ClFNO4S/c1-2-14-5-8(14)6-17(7-14)22(20,21)12-3-9(13(18)19)10(15)4-11(12)16/h3-4,8H,2,5-7H2,1H3,(H,18,19). The van der Waals surface area contributed by atoms with Gasteiger partial charge < -0.3 is 5.11 Å². The Labute approximate surface area is 132 Å². The molecule has 0 spiro atoms. The molecule has 0 radical (unpaired) electrons. The summed E-state index contributed by atoms with van der Waals surface area (Å²) in [4.78, 5) is 10.5. The second kappa shape index (κ2) is 4.91. The molecule has 1 aliphatic heterocycles. The summed E-state index contributed by atoms with van der Waals surface area (Å²) >= 11 is 5.65. The van der Waals surface area contributed by atoms with Crippen molar-refractivity contribution in [2.75, 3.05) is 13.1 Å². The monoisotopic (exact) mass is 347 g/mol. The maximum absolute atomic E-state index is 14.0. The van der Waals surface area contributed by atoms with E-state index in [0.717, 1.165) is 25.0 Å². The van der Waals surface area contributed by atoms with Crippen LogP contribution in [-0.4, -0.2) is 36.9 Å². The van der Waals surface area contributed by atoms with Crippen LogP contribution >= 0.6 is 11.6 Å². The zero-order chi connectivity index (χ0) is 16.3. The maximum Gasteiger partial charge on any atom is 0.337 e. The number of sulfonamides is 1. The van der Waals surface area contributed by atoms with Crippen molar-refractivity contribution in [1.29, 1.82) is 0 Å². The van der Waals surface area contributed by atoms with Gasteiger partial charge in [0.05, 0.1) is 10.6 Å². The van der Waals surface area contributed by atoms with Crippen molar-refractivity contribution >= 4 is 27.6 Å². The highest BCUT2D eigenvalue weighted by Gasteiger charge is 2.60. The molecule has 0 amide bonds. The molecule has 1 saturated carbocycles. The van der Waals surface area contributed by atoms with E-state index in [9.17, 15) is 17.6 Å². The minimum atomic E-state index is -4.06. The molecule has 3 rings (SSSR count). The summed E-state index contributed by atoms with van der Waals surface area (Å²) in [5.41, 5.74) is -0.401. The van der Waals surface area contributed by atoms with Gasteiger partial charge in [0.2, 0.25) is 10.0 Å². The number of piperidine rings is 1. The van der Waals surface area contributed by atoms with E-state index in [2.05, 4.69) is 0 Å². The van der Waals surface area contributed by atoms with E-state index in [1.165, 1.54) is 4.31 Å². The van der Waals surface area contributed by atoms with Gasteiger partial charge in [-0.1, -0.05) is 18.5 Å². The molecule has 0 aromatic heterocycles. The Morgan fingerprint density at radius 1 is 1.55 bits per heavy atom. The van der Waals surface area contributed by atoms with Crippen LogP contribution < -0.4 is 0 Å². The molecule has 1 heterocycles. The van der Waals surface area contributed by atoms with Gasteiger partial charge in [-0.05, 0) is 36.3 Å². The molecule has 1 aromatic carbocycles. The van der Waals surface area contributed by atoms with E-state index in [4.69, 9.17) is 16.7 Å². The van der Waals surface area contributed by atoms with Gasteiger partial charge in [-0.25, -0.2) is 17.6 Å². The number of carbonyl (C=O) groups is 1. The van der Waals surface area contributed by atoms with Gasteiger partial charge in [-0.2, -0.15) is 4.31 Å². The highest BCUT2D eigenvalue weighted by atomic mass is 35.5. The fraction of sp³-hybridized carbons (Fsp3) is 0.500. The first-order valence-electron chi connectivity index (χ1n) is 6.94. The van der Waals surface area contributed by atoms with Crippen LogP contribution in [0.2, 0.25) is 5.02 Å². The van der Waals surface area contributed by atoms with Crippen molar-refractivity contribution < 1.29 is 22.7 Å². The number of fused-ring (bicyclic) bond motifs is 1. The van der Waals surface area contributed by atoms with E-state index in [1.807, 2.05) is 6.92 Å². The first-order valence-corrected chi connectivity index (χ1v) is 8.75. The molecule has 2 unspecified atom stereocenters. The van der Waals surface area contributed by atoms with Gasteiger partial charge in [-0.15, -0.1) is 0 Å². The molecule has 2 aliphatic rings. The number of carboxylic acids is 1. The lowest BCUT2D eigenvalue weighted by atomic mass is 10.0. The topological polar surface area (TPSA) is 74.7 Å². The van der Waals surface area contributed by atoms with E-state index in [1.54, 1.807) is 0 Å². The van der Waals surface area contributed by atoms with Crippen molar-refractivity contribution in [3.63, 3.8) is 0 Å². The maximum atomic E-state index is 14.0. The zero-order valence-corrected chi connectivity index (χ0v) is 13.4. The number of carboxylic acid groups (broad SMARTS) is 1. The molecular weight excluding hydrogens is 333 g/mol. The summed E-state index contributed by atoms with van der Waals surface area (Å²) in [5.74, 6) is -2.10.